The van der Waals surface area contributed by atoms with Crippen molar-refractivity contribution in [1.82, 2.24) is 9.55 Å². The zero-order chi connectivity index (χ0) is 20.0. The number of H-pyrrole nitrogens is 1. The Morgan fingerprint density at radius 1 is 1.22 bits per heavy atom. The van der Waals surface area contributed by atoms with E-state index >= 15 is 0 Å². The number of nitrogens with two attached hydrogens (primary N) is 1. The third kappa shape index (κ3) is 4.91. The predicted molar refractivity (Wildman–Crippen MR) is 108 cm³/mol. The van der Waals surface area contributed by atoms with E-state index in [0.717, 1.165) is 25.7 Å². The Balaban J connectivity index is 2.52. The SMILES string of the molecule is CCCCCN(C(=O)c1ccc(Br)o1)c1c(N)n(CCCC)c(=O)[nH]c1=O. The molecule has 2 aromatic heterocycles. The van der Waals surface area contributed by atoms with Crippen molar-refractivity contribution in [2.75, 3.05) is 17.2 Å². The third-order valence-electron chi connectivity index (χ3n) is 4.23. The van der Waals surface area contributed by atoms with Crippen LogP contribution in [0.4, 0.5) is 11.5 Å². The van der Waals surface area contributed by atoms with Gasteiger partial charge >= 0.3 is 5.69 Å². The smallest absolute Gasteiger partial charge is 0.330 e. The quantitative estimate of drug-likeness (QED) is 0.581. The molecule has 0 aliphatic rings. The topological polar surface area (TPSA) is 114 Å². The lowest BCUT2D eigenvalue weighted by Crippen LogP contribution is -2.41. The van der Waals surface area contributed by atoms with Crippen molar-refractivity contribution in [2.45, 2.75) is 52.5 Å². The van der Waals surface area contributed by atoms with Gasteiger partial charge in [-0.3, -0.25) is 24.0 Å². The molecule has 8 nitrogen and oxygen atoms in total. The first kappa shape index (κ1) is 21.0. The van der Waals surface area contributed by atoms with E-state index < -0.39 is 17.2 Å². The molecule has 0 atom stereocenters. The van der Waals surface area contributed by atoms with E-state index in [4.69, 9.17) is 10.2 Å². The van der Waals surface area contributed by atoms with Crippen LogP contribution in [0.1, 0.15) is 56.5 Å². The molecular weight excluding hydrogens is 416 g/mol. The van der Waals surface area contributed by atoms with Gasteiger partial charge in [-0.1, -0.05) is 33.1 Å². The molecule has 27 heavy (non-hydrogen) atoms. The number of carbonyl (C=O) groups excluding carboxylic acids is 1. The maximum atomic E-state index is 13.0. The molecular formula is C18H25BrN4O4. The van der Waals surface area contributed by atoms with Gasteiger partial charge in [-0.2, -0.15) is 0 Å². The van der Waals surface area contributed by atoms with Gasteiger partial charge in [0.25, 0.3) is 11.5 Å². The molecule has 0 radical (unpaired) electrons. The van der Waals surface area contributed by atoms with E-state index in [-0.39, 0.29) is 17.3 Å². The maximum Gasteiger partial charge on any atom is 0.330 e. The summed E-state index contributed by atoms with van der Waals surface area (Å²) >= 11 is 3.17. The summed E-state index contributed by atoms with van der Waals surface area (Å²) < 4.78 is 7.07. The molecule has 0 fully saturated rings. The van der Waals surface area contributed by atoms with Gasteiger partial charge in [0.2, 0.25) is 0 Å². The van der Waals surface area contributed by atoms with Gasteiger partial charge in [-0.15, -0.1) is 0 Å². The Labute approximate surface area is 165 Å². The fourth-order valence-corrected chi connectivity index (χ4v) is 3.08. The van der Waals surface area contributed by atoms with Crippen LogP contribution in [0.25, 0.3) is 0 Å². The third-order valence-corrected chi connectivity index (χ3v) is 4.66. The summed E-state index contributed by atoms with van der Waals surface area (Å²) in [6.07, 6.45) is 4.12. The van der Waals surface area contributed by atoms with E-state index in [0.29, 0.717) is 24.2 Å². The van der Waals surface area contributed by atoms with Crippen LogP contribution in [-0.4, -0.2) is 22.0 Å². The van der Waals surface area contributed by atoms with Crippen molar-refractivity contribution >= 4 is 33.3 Å². The molecule has 0 saturated heterocycles. The number of nitrogen functional groups attached to an aromatic ring is 1. The van der Waals surface area contributed by atoms with Crippen molar-refractivity contribution in [3.05, 3.63) is 43.4 Å². The predicted octanol–water partition coefficient (Wildman–Crippen LogP) is 3.11. The van der Waals surface area contributed by atoms with Crippen molar-refractivity contribution < 1.29 is 9.21 Å². The van der Waals surface area contributed by atoms with Crippen molar-refractivity contribution in [1.29, 1.82) is 0 Å². The lowest BCUT2D eigenvalue weighted by atomic mass is 10.2. The molecule has 2 heterocycles. The Morgan fingerprint density at radius 2 is 1.93 bits per heavy atom. The van der Waals surface area contributed by atoms with Gasteiger partial charge < -0.3 is 10.2 Å². The number of aromatic nitrogens is 2. The van der Waals surface area contributed by atoms with Crippen LogP contribution < -0.4 is 21.9 Å². The van der Waals surface area contributed by atoms with Crippen LogP contribution in [0.5, 0.6) is 0 Å². The van der Waals surface area contributed by atoms with Gasteiger partial charge in [-0.25, -0.2) is 4.79 Å². The zero-order valence-corrected chi connectivity index (χ0v) is 17.2. The average molecular weight is 441 g/mol. The minimum Gasteiger partial charge on any atom is -0.444 e. The van der Waals surface area contributed by atoms with E-state index in [2.05, 4.69) is 20.9 Å². The number of furan rings is 1. The molecule has 2 aromatic rings. The normalized spacial score (nSPS) is 10.9. The van der Waals surface area contributed by atoms with Gasteiger partial charge in [0.15, 0.2) is 16.1 Å². The van der Waals surface area contributed by atoms with E-state index in [1.807, 2.05) is 13.8 Å². The van der Waals surface area contributed by atoms with E-state index in [1.165, 1.54) is 15.5 Å². The number of nitrogens with one attached hydrogen (secondary N) is 1. The molecule has 9 heteroatoms. The highest BCUT2D eigenvalue weighted by Gasteiger charge is 2.26. The lowest BCUT2D eigenvalue weighted by molar-refractivity contribution is 0.0958. The number of rotatable bonds is 9. The molecule has 0 unspecified atom stereocenters. The number of carbonyl (C=O) groups is 1. The van der Waals surface area contributed by atoms with Crippen LogP contribution in [-0.2, 0) is 6.54 Å². The number of unbranched alkanes of at least 4 members (excludes halogenated alkanes) is 3. The molecule has 0 saturated carbocycles. The lowest BCUT2D eigenvalue weighted by Gasteiger charge is -2.23. The minimum atomic E-state index is -0.680. The first-order valence-electron chi connectivity index (χ1n) is 9.10. The first-order valence-corrected chi connectivity index (χ1v) is 9.89. The minimum absolute atomic E-state index is 0.00679. The van der Waals surface area contributed by atoms with Crippen LogP contribution in [0.3, 0.4) is 0 Å². The van der Waals surface area contributed by atoms with Crippen LogP contribution in [0.15, 0.2) is 30.8 Å². The number of halogens is 1. The highest BCUT2D eigenvalue weighted by Crippen LogP contribution is 2.23. The molecule has 0 aromatic carbocycles. The van der Waals surface area contributed by atoms with Crippen LogP contribution in [0.2, 0.25) is 0 Å². The van der Waals surface area contributed by atoms with Crippen LogP contribution >= 0.6 is 15.9 Å². The molecule has 0 aliphatic heterocycles. The first-order chi connectivity index (χ1) is 12.9. The average Bonchev–Trinajstić information content (AvgIpc) is 3.06. The summed E-state index contributed by atoms with van der Waals surface area (Å²) in [6, 6.07) is 3.13. The second-order valence-electron chi connectivity index (χ2n) is 6.27. The second-order valence-corrected chi connectivity index (χ2v) is 7.05. The highest BCUT2D eigenvalue weighted by atomic mass is 79.9. The largest absolute Gasteiger partial charge is 0.444 e. The monoisotopic (exact) mass is 440 g/mol. The number of aromatic amines is 1. The molecule has 148 valence electrons. The Kier molecular flexibility index (Phi) is 7.46. The number of amides is 1. The highest BCUT2D eigenvalue weighted by molar-refractivity contribution is 9.10. The zero-order valence-electron chi connectivity index (χ0n) is 15.6. The van der Waals surface area contributed by atoms with Crippen molar-refractivity contribution in [3.8, 4) is 0 Å². The molecule has 1 amide bonds. The number of anilines is 2. The van der Waals surface area contributed by atoms with Gasteiger partial charge in [0.1, 0.15) is 5.82 Å². The molecule has 2 rings (SSSR count). The van der Waals surface area contributed by atoms with E-state index in [1.54, 1.807) is 6.07 Å². The molecule has 0 aliphatic carbocycles. The van der Waals surface area contributed by atoms with Gasteiger partial charge in [0, 0.05) is 13.1 Å². The van der Waals surface area contributed by atoms with Crippen LogP contribution in [0, 0.1) is 0 Å². The Hall–Kier alpha value is -2.29. The Bertz CT molecular complexity index is 899. The Morgan fingerprint density at radius 3 is 2.52 bits per heavy atom. The number of nitrogens with zero attached hydrogens (tertiary/aromatic N) is 2. The number of hydrogen-bond acceptors (Lipinski definition) is 5. The van der Waals surface area contributed by atoms with Crippen molar-refractivity contribution in [2.24, 2.45) is 0 Å². The number of hydrogen-bond donors (Lipinski definition) is 2. The fourth-order valence-electron chi connectivity index (χ4n) is 2.77. The summed E-state index contributed by atoms with van der Waals surface area (Å²) in [5.41, 5.74) is 4.89. The standard InChI is InChI=1S/C18H25BrN4O4/c1-3-5-7-11-22(17(25)12-8-9-13(19)27-12)14-15(20)23(10-6-4-2)18(26)21-16(14)24/h8-9H,3-7,10-11,20H2,1-2H3,(H,21,24,26). The molecule has 0 bridgehead atoms. The summed E-state index contributed by atoms with van der Waals surface area (Å²) in [5.74, 6) is -0.397. The fraction of sp³-hybridized carbons (Fsp3) is 0.500. The molecule has 0 spiro atoms. The van der Waals surface area contributed by atoms with Gasteiger partial charge in [-0.05, 0) is 40.9 Å². The maximum absolute atomic E-state index is 13.0. The summed E-state index contributed by atoms with van der Waals surface area (Å²) in [5, 5.41) is 0. The van der Waals surface area contributed by atoms with Crippen molar-refractivity contribution in [3.63, 3.8) is 0 Å². The van der Waals surface area contributed by atoms with Gasteiger partial charge in [0.05, 0.1) is 0 Å². The molecule has 3 N–H and O–H groups in total. The summed E-state index contributed by atoms with van der Waals surface area (Å²) in [6.45, 7) is 4.70. The summed E-state index contributed by atoms with van der Waals surface area (Å²) in [7, 11) is 0. The summed E-state index contributed by atoms with van der Waals surface area (Å²) in [4.78, 5) is 41.2. The second kappa shape index (κ2) is 9.59. The van der Waals surface area contributed by atoms with E-state index in [9.17, 15) is 14.4 Å².